The SMILES string of the molecule is CNC(=O)NNC(=O)Cc1ccc(C)s1. The summed E-state index contributed by atoms with van der Waals surface area (Å²) in [5.74, 6) is -0.236. The first-order valence-corrected chi connectivity index (χ1v) is 5.25. The first-order valence-electron chi connectivity index (χ1n) is 4.43. The van der Waals surface area contributed by atoms with Crippen LogP contribution in [0.1, 0.15) is 9.75 Å². The van der Waals surface area contributed by atoms with Crippen molar-refractivity contribution in [3.05, 3.63) is 21.9 Å². The predicted octanol–water partition coefficient (Wildman–Crippen LogP) is 0.559. The van der Waals surface area contributed by atoms with E-state index >= 15 is 0 Å². The van der Waals surface area contributed by atoms with E-state index in [-0.39, 0.29) is 12.3 Å². The highest BCUT2D eigenvalue weighted by Gasteiger charge is 2.05. The van der Waals surface area contributed by atoms with Crippen LogP contribution < -0.4 is 16.2 Å². The quantitative estimate of drug-likeness (QED) is 0.646. The maximum absolute atomic E-state index is 11.3. The fourth-order valence-electron chi connectivity index (χ4n) is 0.972. The Labute approximate surface area is 91.8 Å². The largest absolute Gasteiger partial charge is 0.340 e. The molecule has 1 rings (SSSR count). The minimum Gasteiger partial charge on any atom is -0.340 e. The van der Waals surface area contributed by atoms with Crippen molar-refractivity contribution in [1.29, 1.82) is 0 Å². The average molecular weight is 227 g/mol. The lowest BCUT2D eigenvalue weighted by molar-refractivity contribution is -0.121. The third-order valence-electron chi connectivity index (χ3n) is 1.67. The number of urea groups is 1. The molecule has 1 aromatic rings. The van der Waals surface area contributed by atoms with Crippen molar-refractivity contribution >= 4 is 23.3 Å². The molecule has 0 unspecified atom stereocenters. The van der Waals surface area contributed by atoms with E-state index in [2.05, 4.69) is 16.2 Å². The van der Waals surface area contributed by atoms with Gasteiger partial charge in [-0.3, -0.25) is 10.2 Å². The highest BCUT2D eigenvalue weighted by atomic mass is 32.1. The van der Waals surface area contributed by atoms with Crippen LogP contribution in [0.5, 0.6) is 0 Å². The molecular weight excluding hydrogens is 214 g/mol. The number of carbonyl (C=O) groups is 2. The lowest BCUT2D eigenvalue weighted by Crippen LogP contribution is -2.46. The van der Waals surface area contributed by atoms with E-state index < -0.39 is 6.03 Å². The van der Waals surface area contributed by atoms with Crippen LogP contribution in [0.3, 0.4) is 0 Å². The van der Waals surface area contributed by atoms with Crippen LogP contribution in [0.4, 0.5) is 4.79 Å². The first-order chi connectivity index (χ1) is 7.11. The van der Waals surface area contributed by atoms with E-state index in [1.54, 1.807) is 11.3 Å². The zero-order valence-electron chi connectivity index (χ0n) is 8.59. The van der Waals surface area contributed by atoms with Crippen molar-refractivity contribution in [2.75, 3.05) is 7.05 Å². The van der Waals surface area contributed by atoms with Crippen molar-refractivity contribution in [3.63, 3.8) is 0 Å². The molecule has 0 radical (unpaired) electrons. The Morgan fingerprint density at radius 1 is 1.33 bits per heavy atom. The molecule has 3 amide bonds. The highest BCUT2D eigenvalue weighted by molar-refractivity contribution is 7.12. The molecule has 0 aliphatic carbocycles. The van der Waals surface area contributed by atoms with Gasteiger partial charge in [0.25, 0.3) is 0 Å². The molecule has 0 aromatic carbocycles. The molecular formula is C9H13N3O2S. The van der Waals surface area contributed by atoms with Crippen molar-refractivity contribution in [1.82, 2.24) is 16.2 Å². The number of thiophene rings is 1. The van der Waals surface area contributed by atoms with Crippen LogP contribution in [-0.2, 0) is 11.2 Å². The minimum atomic E-state index is -0.439. The zero-order valence-corrected chi connectivity index (χ0v) is 9.40. The second-order valence-electron chi connectivity index (χ2n) is 2.94. The summed E-state index contributed by atoms with van der Waals surface area (Å²) >= 11 is 1.57. The normalized spacial score (nSPS) is 9.47. The van der Waals surface area contributed by atoms with Crippen LogP contribution in [0.15, 0.2) is 12.1 Å². The van der Waals surface area contributed by atoms with Crippen LogP contribution in [0.2, 0.25) is 0 Å². The lowest BCUT2D eigenvalue weighted by Gasteiger charge is -2.05. The molecule has 0 fully saturated rings. The minimum absolute atomic E-state index is 0.236. The number of hydrogen-bond acceptors (Lipinski definition) is 3. The Morgan fingerprint density at radius 3 is 2.60 bits per heavy atom. The second kappa shape index (κ2) is 5.35. The van der Waals surface area contributed by atoms with E-state index in [9.17, 15) is 9.59 Å². The van der Waals surface area contributed by atoms with E-state index in [1.165, 1.54) is 7.05 Å². The Kier molecular flexibility index (Phi) is 4.11. The maximum atomic E-state index is 11.3. The summed E-state index contributed by atoms with van der Waals surface area (Å²) in [7, 11) is 1.48. The van der Waals surface area contributed by atoms with Gasteiger partial charge >= 0.3 is 6.03 Å². The molecule has 0 saturated carbocycles. The third-order valence-corrected chi connectivity index (χ3v) is 2.67. The van der Waals surface area contributed by atoms with Gasteiger partial charge in [0, 0.05) is 16.8 Å². The number of carbonyl (C=O) groups excluding carboxylic acids is 2. The Morgan fingerprint density at radius 2 is 2.07 bits per heavy atom. The fourth-order valence-corrected chi connectivity index (χ4v) is 1.86. The van der Waals surface area contributed by atoms with Gasteiger partial charge < -0.3 is 5.32 Å². The molecule has 0 aliphatic heterocycles. The number of nitrogens with one attached hydrogen (secondary N) is 3. The van der Waals surface area contributed by atoms with Gasteiger partial charge in [-0.2, -0.15) is 0 Å². The molecule has 1 heterocycles. The molecule has 15 heavy (non-hydrogen) atoms. The molecule has 0 aliphatic rings. The predicted molar refractivity (Wildman–Crippen MR) is 58.5 cm³/mol. The van der Waals surface area contributed by atoms with Crippen molar-refractivity contribution in [2.24, 2.45) is 0 Å². The molecule has 6 heteroatoms. The van der Waals surface area contributed by atoms with Crippen LogP contribution in [-0.4, -0.2) is 19.0 Å². The van der Waals surface area contributed by atoms with Gasteiger partial charge in [-0.15, -0.1) is 11.3 Å². The van der Waals surface area contributed by atoms with Crippen LogP contribution in [0, 0.1) is 6.92 Å². The van der Waals surface area contributed by atoms with Gasteiger partial charge in [0.05, 0.1) is 6.42 Å². The maximum Gasteiger partial charge on any atom is 0.333 e. The second-order valence-corrected chi connectivity index (χ2v) is 4.31. The standard InChI is InChI=1S/C9H13N3O2S/c1-6-3-4-7(15-6)5-8(13)11-12-9(14)10-2/h3-4H,5H2,1-2H3,(H,11,13)(H2,10,12,14). The first kappa shape index (κ1) is 11.5. The van der Waals surface area contributed by atoms with Gasteiger partial charge in [-0.1, -0.05) is 0 Å². The Balaban J connectivity index is 2.33. The van der Waals surface area contributed by atoms with E-state index in [0.29, 0.717) is 0 Å². The van der Waals surface area contributed by atoms with E-state index in [4.69, 9.17) is 0 Å². The third kappa shape index (κ3) is 3.99. The molecule has 3 N–H and O–H groups in total. The van der Waals surface area contributed by atoms with Crippen LogP contribution in [0.25, 0.3) is 0 Å². The highest BCUT2D eigenvalue weighted by Crippen LogP contribution is 2.15. The number of hydrogen-bond donors (Lipinski definition) is 3. The molecule has 0 saturated heterocycles. The monoisotopic (exact) mass is 227 g/mol. The van der Waals surface area contributed by atoms with Gasteiger partial charge in [-0.25, -0.2) is 10.2 Å². The molecule has 0 spiro atoms. The average Bonchev–Trinajstić information content (AvgIpc) is 2.60. The van der Waals surface area contributed by atoms with Crippen LogP contribution >= 0.6 is 11.3 Å². The van der Waals surface area contributed by atoms with Gasteiger partial charge in [0.1, 0.15) is 0 Å². The summed E-state index contributed by atoms with van der Waals surface area (Å²) in [5.41, 5.74) is 4.51. The summed E-state index contributed by atoms with van der Waals surface area (Å²) in [4.78, 5) is 24.2. The van der Waals surface area contributed by atoms with Crippen molar-refractivity contribution in [3.8, 4) is 0 Å². The van der Waals surface area contributed by atoms with Crippen molar-refractivity contribution < 1.29 is 9.59 Å². The summed E-state index contributed by atoms with van der Waals surface area (Å²) in [5, 5.41) is 2.33. The summed E-state index contributed by atoms with van der Waals surface area (Å²) < 4.78 is 0. The van der Waals surface area contributed by atoms with Crippen molar-refractivity contribution in [2.45, 2.75) is 13.3 Å². The lowest BCUT2D eigenvalue weighted by atomic mass is 10.3. The Hall–Kier alpha value is -1.56. The molecule has 5 nitrogen and oxygen atoms in total. The van der Waals surface area contributed by atoms with E-state index in [0.717, 1.165) is 9.75 Å². The van der Waals surface area contributed by atoms with E-state index in [1.807, 2.05) is 19.1 Å². The molecule has 0 bridgehead atoms. The summed E-state index contributed by atoms with van der Waals surface area (Å²) in [6.45, 7) is 1.98. The fraction of sp³-hybridized carbons (Fsp3) is 0.333. The summed E-state index contributed by atoms with van der Waals surface area (Å²) in [6, 6.07) is 3.42. The number of hydrazine groups is 1. The number of rotatable bonds is 2. The van der Waals surface area contributed by atoms with Gasteiger partial charge in [0.15, 0.2) is 0 Å². The number of amides is 3. The Bertz CT molecular complexity index is 362. The topological polar surface area (TPSA) is 70.2 Å². The zero-order chi connectivity index (χ0) is 11.3. The number of aryl methyl sites for hydroxylation is 1. The van der Waals surface area contributed by atoms with Gasteiger partial charge in [-0.05, 0) is 19.1 Å². The summed E-state index contributed by atoms with van der Waals surface area (Å²) in [6.07, 6.45) is 0.280. The van der Waals surface area contributed by atoms with Gasteiger partial charge in [0.2, 0.25) is 5.91 Å². The molecule has 82 valence electrons. The smallest absolute Gasteiger partial charge is 0.333 e. The molecule has 0 atom stereocenters. The molecule has 1 aromatic heterocycles.